The molecule has 0 saturated heterocycles. The van der Waals surface area contributed by atoms with Crippen molar-refractivity contribution in [1.82, 2.24) is 4.90 Å². The van der Waals surface area contributed by atoms with Crippen LogP contribution in [0.3, 0.4) is 0 Å². The maximum absolute atomic E-state index is 13.4. The molecule has 3 heteroatoms. The number of halogens is 1. The Morgan fingerprint density at radius 2 is 2.17 bits per heavy atom. The van der Waals surface area contributed by atoms with Crippen molar-refractivity contribution in [2.24, 2.45) is 0 Å². The molecule has 0 aromatic heterocycles. The van der Waals surface area contributed by atoms with Gasteiger partial charge < -0.3 is 4.90 Å². The number of nitrogens with zero attached hydrogens (tertiary/aromatic N) is 1. The summed E-state index contributed by atoms with van der Waals surface area (Å²) in [5.41, 5.74) is -0.593. The lowest BCUT2D eigenvalue weighted by molar-refractivity contribution is 0.0823. The molecule has 0 aliphatic rings. The Labute approximate surface area is 79.0 Å². The van der Waals surface area contributed by atoms with Gasteiger partial charge in [-0.05, 0) is 12.1 Å². The predicted molar refractivity (Wildman–Crippen MR) is 44.4 cm³/mol. The number of benzene rings is 1. The quantitative estimate of drug-likeness (QED) is 0.630. The molecule has 0 bridgehead atoms. The van der Waals surface area contributed by atoms with Crippen LogP contribution in [0, 0.1) is 5.82 Å². The third-order valence-electron chi connectivity index (χ3n) is 1.31. The summed E-state index contributed by atoms with van der Waals surface area (Å²) in [7, 11) is 0. The molecule has 64 valence electrons. The second kappa shape index (κ2) is 3.34. The van der Waals surface area contributed by atoms with E-state index in [0.717, 1.165) is 12.1 Å². The minimum absolute atomic E-state index is 0.279. The lowest BCUT2D eigenvalue weighted by Gasteiger charge is -2.09. The molecule has 0 heterocycles. The summed E-state index contributed by atoms with van der Waals surface area (Å²) < 4.78 is 55.7. The van der Waals surface area contributed by atoms with Crippen molar-refractivity contribution in [3.63, 3.8) is 0 Å². The van der Waals surface area contributed by atoms with Gasteiger partial charge in [-0.1, -0.05) is 12.1 Å². The predicted octanol–water partition coefficient (Wildman–Crippen LogP) is 1.53. The Hall–Kier alpha value is -1.38. The van der Waals surface area contributed by atoms with E-state index < -0.39 is 31.2 Å². The Kier molecular flexibility index (Phi) is 0.992. The van der Waals surface area contributed by atoms with Crippen molar-refractivity contribution in [2.75, 3.05) is 14.0 Å². The molecule has 1 amide bonds. The molecule has 12 heavy (non-hydrogen) atoms. The van der Waals surface area contributed by atoms with Gasteiger partial charge in [-0.2, -0.15) is 0 Å². The molecule has 0 radical (unpaired) electrons. The maximum Gasteiger partial charge on any atom is 0.256 e. The zero-order valence-corrected chi connectivity index (χ0v) is 6.04. The first-order valence-corrected chi connectivity index (χ1v) is 3.14. The third-order valence-corrected chi connectivity index (χ3v) is 1.31. The van der Waals surface area contributed by atoms with Crippen LogP contribution < -0.4 is 0 Å². The van der Waals surface area contributed by atoms with Crippen LogP contribution in [0.4, 0.5) is 4.39 Å². The highest BCUT2D eigenvalue weighted by Crippen LogP contribution is 2.07. The van der Waals surface area contributed by atoms with Crippen LogP contribution in [0.15, 0.2) is 24.3 Å². The fraction of sp³-hybridized carbons (Fsp3) is 0.222. The number of rotatable bonds is 1. The van der Waals surface area contributed by atoms with E-state index in [-0.39, 0.29) is 4.90 Å². The van der Waals surface area contributed by atoms with Crippen molar-refractivity contribution in [2.45, 2.75) is 0 Å². The minimum atomic E-state index is -3.18. The molecule has 2 nitrogen and oxygen atoms in total. The molecule has 1 aromatic rings. The molecular formula is C9H10FNO. The van der Waals surface area contributed by atoms with E-state index in [1.807, 2.05) is 0 Å². The van der Waals surface area contributed by atoms with Gasteiger partial charge in [0.15, 0.2) is 0 Å². The highest BCUT2D eigenvalue weighted by Gasteiger charge is 2.11. The van der Waals surface area contributed by atoms with E-state index in [1.54, 1.807) is 0 Å². The van der Waals surface area contributed by atoms with Crippen molar-refractivity contribution >= 4 is 5.91 Å². The molecule has 1 aromatic carbocycles. The lowest BCUT2D eigenvalue weighted by atomic mass is 10.2. The average Bonchev–Trinajstić information content (AvgIpc) is 2.13. The van der Waals surface area contributed by atoms with Gasteiger partial charge in [0, 0.05) is 22.2 Å². The van der Waals surface area contributed by atoms with Crippen LogP contribution in [0.2, 0.25) is 0 Å². The Morgan fingerprint density at radius 3 is 2.75 bits per heavy atom. The first kappa shape index (κ1) is 3.56. The molecular weight excluding hydrogens is 157 g/mol. The highest BCUT2D eigenvalue weighted by molar-refractivity contribution is 5.94. The Balaban J connectivity index is 3.25. The fourth-order valence-electron chi connectivity index (χ4n) is 0.755. The highest BCUT2D eigenvalue weighted by atomic mass is 19.1. The van der Waals surface area contributed by atoms with Crippen LogP contribution in [0.1, 0.15) is 18.6 Å². The monoisotopic (exact) mass is 173 g/mol. The van der Waals surface area contributed by atoms with Crippen molar-refractivity contribution in [1.29, 1.82) is 0 Å². The third kappa shape index (κ3) is 1.61. The largest absolute Gasteiger partial charge is 0.345 e. The van der Waals surface area contributed by atoms with Gasteiger partial charge in [-0.25, -0.2) is 4.39 Å². The lowest BCUT2D eigenvalue weighted by Crippen LogP contribution is -2.22. The molecule has 0 aliphatic heterocycles. The van der Waals surface area contributed by atoms with E-state index in [4.69, 9.17) is 8.22 Å². The zero-order chi connectivity index (χ0) is 14.1. The van der Waals surface area contributed by atoms with Crippen LogP contribution in [0.5, 0.6) is 0 Å². The molecule has 1 rings (SSSR count). The molecule has 0 spiro atoms. The number of amides is 1. The normalized spacial score (nSPS) is 19.1. The van der Waals surface area contributed by atoms with Gasteiger partial charge in [0.25, 0.3) is 5.91 Å². The van der Waals surface area contributed by atoms with E-state index in [9.17, 15) is 9.18 Å². The SMILES string of the molecule is [2H]C([2H])([2H])N(C(=O)c1ccccc1F)C([2H])([2H])[2H]. The van der Waals surface area contributed by atoms with Crippen LogP contribution in [-0.2, 0) is 0 Å². The summed E-state index contributed by atoms with van der Waals surface area (Å²) in [6.07, 6.45) is 0. The topological polar surface area (TPSA) is 20.3 Å². The van der Waals surface area contributed by atoms with Gasteiger partial charge in [0.2, 0.25) is 0 Å². The van der Waals surface area contributed by atoms with Gasteiger partial charge >= 0.3 is 0 Å². The van der Waals surface area contributed by atoms with Gasteiger partial charge in [-0.3, -0.25) is 4.79 Å². The summed E-state index contributed by atoms with van der Waals surface area (Å²) in [6, 6.07) is 4.60. The molecule has 0 atom stereocenters. The van der Waals surface area contributed by atoms with Gasteiger partial charge in [0.1, 0.15) is 5.82 Å². The number of carbonyl (C=O) groups excluding carboxylic acids is 1. The first-order valence-electron chi connectivity index (χ1n) is 6.14. The molecule has 0 saturated carbocycles. The van der Waals surface area contributed by atoms with E-state index >= 15 is 0 Å². The Bertz CT molecular complexity index is 441. The summed E-state index contributed by atoms with van der Waals surface area (Å²) in [5, 5.41) is 0. The smallest absolute Gasteiger partial charge is 0.256 e. The summed E-state index contributed by atoms with van der Waals surface area (Å²) >= 11 is 0. The second-order valence-electron chi connectivity index (χ2n) is 2.12. The minimum Gasteiger partial charge on any atom is -0.345 e. The zero-order valence-electron chi connectivity index (χ0n) is 12.0. The molecule has 0 unspecified atom stereocenters. The second-order valence-corrected chi connectivity index (χ2v) is 2.12. The molecule has 0 aliphatic carbocycles. The maximum atomic E-state index is 13.4. The summed E-state index contributed by atoms with van der Waals surface area (Å²) in [4.78, 5) is 11.5. The van der Waals surface area contributed by atoms with Crippen LogP contribution in [-0.4, -0.2) is 24.8 Å². The van der Waals surface area contributed by atoms with Crippen molar-refractivity contribution < 1.29 is 17.4 Å². The van der Waals surface area contributed by atoms with E-state index in [0.29, 0.717) is 0 Å². The Morgan fingerprint density at radius 1 is 1.50 bits per heavy atom. The van der Waals surface area contributed by atoms with Crippen LogP contribution in [0.25, 0.3) is 0 Å². The first-order chi connectivity index (χ1) is 8.05. The number of carbonyl (C=O) groups is 1. The van der Waals surface area contributed by atoms with E-state index in [1.165, 1.54) is 12.1 Å². The number of hydrogen-bond donors (Lipinski definition) is 0. The fourth-order valence-corrected chi connectivity index (χ4v) is 0.755. The summed E-state index contributed by atoms with van der Waals surface area (Å²) in [5.74, 6) is -2.37. The van der Waals surface area contributed by atoms with Gasteiger partial charge in [-0.15, -0.1) is 0 Å². The molecule has 0 N–H and O–H groups in total. The standard InChI is InChI=1S/C9H10FNO/c1-11(2)9(12)7-5-3-4-6-8(7)10/h3-6H,1-2H3/i1D3,2D3. The van der Waals surface area contributed by atoms with Crippen LogP contribution >= 0.6 is 0 Å². The number of hydrogen-bond acceptors (Lipinski definition) is 1. The van der Waals surface area contributed by atoms with E-state index in [2.05, 4.69) is 0 Å². The summed E-state index contributed by atoms with van der Waals surface area (Å²) in [6.45, 7) is -6.35. The molecule has 0 fully saturated rings. The average molecular weight is 173 g/mol. The van der Waals surface area contributed by atoms with Gasteiger partial charge in [0.05, 0.1) is 5.56 Å². The van der Waals surface area contributed by atoms with Crippen molar-refractivity contribution in [3.8, 4) is 0 Å². The van der Waals surface area contributed by atoms with Crippen molar-refractivity contribution in [3.05, 3.63) is 35.6 Å².